The second-order valence-electron chi connectivity index (χ2n) is 9.96. The first-order chi connectivity index (χ1) is 19.7. The van der Waals surface area contributed by atoms with Crippen molar-refractivity contribution in [3.05, 3.63) is 35.4 Å². The van der Waals surface area contributed by atoms with Crippen LogP contribution < -0.4 is 23.7 Å². The number of methoxy groups -OCH3 is 4. The molecule has 2 fully saturated rings. The van der Waals surface area contributed by atoms with Gasteiger partial charge in [0.2, 0.25) is 17.8 Å². The van der Waals surface area contributed by atoms with Crippen LogP contribution in [0.3, 0.4) is 0 Å². The van der Waals surface area contributed by atoms with Crippen molar-refractivity contribution in [3.63, 3.8) is 0 Å². The van der Waals surface area contributed by atoms with Crippen LogP contribution in [0.1, 0.15) is 23.7 Å². The Labute approximate surface area is 237 Å². The van der Waals surface area contributed by atoms with Crippen LogP contribution >= 0.6 is 0 Å². The summed E-state index contributed by atoms with van der Waals surface area (Å²) in [6.45, 7) is -0.712. The summed E-state index contributed by atoms with van der Waals surface area (Å²) in [7, 11) is 5.73. The Morgan fingerprint density at radius 2 is 1.32 bits per heavy atom. The zero-order valence-electron chi connectivity index (χ0n) is 23.3. The smallest absolute Gasteiger partial charge is 0.229 e. The summed E-state index contributed by atoms with van der Waals surface area (Å²) in [6.07, 6.45) is -7.22. The van der Waals surface area contributed by atoms with E-state index in [1.165, 1.54) is 28.4 Å². The molecule has 0 aromatic heterocycles. The van der Waals surface area contributed by atoms with Gasteiger partial charge in [0.15, 0.2) is 23.0 Å². The molecular formula is C28H38O13. The minimum absolute atomic E-state index is 0.0790. The minimum Gasteiger partial charge on any atom is -0.502 e. The second-order valence-corrected chi connectivity index (χ2v) is 9.96. The lowest BCUT2D eigenvalue weighted by Crippen LogP contribution is -2.60. The Morgan fingerprint density at radius 1 is 0.732 bits per heavy atom. The van der Waals surface area contributed by atoms with Crippen molar-refractivity contribution in [3.8, 4) is 34.5 Å². The summed E-state index contributed by atoms with van der Waals surface area (Å²) in [5.41, 5.74) is 1.47. The fraction of sp³-hybridized carbons (Fsp3) is 0.571. The number of aliphatic hydroxyl groups excluding tert-OH is 5. The van der Waals surface area contributed by atoms with E-state index >= 15 is 0 Å². The molecule has 6 N–H and O–H groups in total. The summed E-state index contributed by atoms with van der Waals surface area (Å²) < 4.78 is 39.3. The van der Waals surface area contributed by atoms with Crippen molar-refractivity contribution in [1.29, 1.82) is 0 Å². The number of phenolic OH excluding ortho intramolecular Hbond substituents is 1. The first-order valence-electron chi connectivity index (χ1n) is 13.1. The zero-order valence-corrected chi connectivity index (χ0v) is 23.3. The molecule has 0 bridgehead atoms. The number of aromatic hydroxyl groups is 1. The lowest BCUT2D eigenvalue weighted by molar-refractivity contribution is -0.277. The molecule has 2 heterocycles. The van der Waals surface area contributed by atoms with Gasteiger partial charge in [-0.3, -0.25) is 0 Å². The fourth-order valence-corrected chi connectivity index (χ4v) is 5.21. The van der Waals surface area contributed by atoms with Crippen molar-refractivity contribution < 1.29 is 63.8 Å². The van der Waals surface area contributed by atoms with Gasteiger partial charge in [-0.2, -0.15) is 0 Å². The van der Waals surface area contributed by atoms with Gasteiger partial charge in [-0.1, -0.05) is 0 Å². The van der Waals surface area contributed by atoms with Gasteiger partial charge in [-0.05, 0) is 48.2 Å². The Balaban J connectivity index is 1.56. The van der Waals surface area contributed by atoms with Crippen LogP contribution in [-0.2, 0) is 15.9 Å². The number of aliphatic hydroxyl groups is 5. The topological polar surface area (TPSA) is 186 Å². The Bertz CT molecular complexity index is 1120. The van der Waals surface area contributed by atoms with E-state index in [1.807, 2.05) is 0 Å². The number of rotatable bonds is 11. The van der Waals surface area contributed by atoms with Crippen molar-refractivity contribution in [2.75, 3.05) is 41.7 Å². The maximum Gasteiger partial charge on any atom is 0.229 e. The molecule has 8 unspecified atom stereocenters. The van der Waals surface area contributed by atoms with E-state index in [0.29, 0.717) is 12.8 Å². The fourth-order valence-electron chi connectivity index (χ4n) is 5.21. The summed E-state index contributed by atoms with van der Waals surface area (Å²) in [5, 5.41) is 60.5. The summed E-state index contributed by atoms with van der Waals surface area (Å²) >= 11 is 0. The van der Waals surface area contributed by atoms with Gasteiger partial charge in [-0.25, -0.2) is 0 Å². The molecule has 13 nitrogen and oxygen atoms in total. The van der Waals surface area contributed by atoms with Crippen LogP contribution in [0.15, 0.2) is 24.3 Å². The van der Waals surface area contributed by atoms with Crippen LogP contribution in [0.5, 0.6) is 34.5 Å². The molecule has 41 heavy (non-hydrogen) atoms. The zero-order chi connectivity index (χ0) is 29.8. The van der Waals surface area contributed by atoms with Gasteiger partial charge >= 0.3 is 0 Å². The molecule has 2 aromatic carbocycles. The van der Waals surface area contributed by atoms with E-state index in [2.05, 4.69) is 0 Å². The lowest BCUT2D eigenvalue weighted by atomic mass is 9.93. The van der Waals surface area contributed by atoms with Crippen LogP contribution in [0.4, 0.5) is 0 Å². The first-order valence-corrected chi connectivity index (χ1v) is 13.1. The van der Waals surface area contributed by atoms with Gasteiger partial charge in [0, 0.05) is 12.5 Å². The summed E-state index contributed by atoms with van der Waals surface area (Å²) in [5.74, 6) is 0.729. The van der Waals surface area contributed by atoms with Gasteiger partial charge in [0.05, 0.1) is 47.3 Å². The van der Waals surface area contributed by atoms with E-state index in [1.54, 1.807) is 24.3 Å². The van der Waals surface area contributed by atoms with E-state index in [4.69, 9.17) is 33.2 Å². The van der Waals surface area contributed by atoms with Gasteiger partial charge in [-0.15, -0.1) is 0 Å². The molecule has 13 heteroatoms. The molecule has 0 spiro atoms. The largest absolute Gasteiger partial charge is 0.502 e. The van der Waals surface area contributed by atoms with Gasteiger partial charge in [0.1, 0.15) is 24.4 Å². The SMILES string of the molecule is COc1cc(C2CC(CO)C(Cc3cc(OC)c(OC4OC(CO)C(O)C(O)C4O)c(OC)c3)O2)cc(OC)c1O. The van der Waals surface area contributed by atoms with E-state index < -0.39 is 43.4 Å². The highest BCUT2D eigenvalue weighted by atomic mass is 16.7. The average Bonchev–Trinajstić information content (AvgIpc) is 3.40. The van der Waals surface area contributed by atoms with Crippen LogP contribution in [0.25, 0.3) is 0 Å². The average molecular weight is 583 g/mol. The molecule has 0 amide bonds. The highest BCUT2D eigenvalue weighted by Crippen LogP contribution is 2.46. The van der Waals surface area contributed by atoms with E-state index in [-0.39, 0.29) is 53.1 Å². The Hall–Kier alpha value is -3.04. The molecule has 2 aromatic rings. The highest BCUT2D eigenvalue weighted by molar-refractivity contribution is 5.55. The summed E-state index contributed by atoms with van der Waals surface area (Å²) in [4.78, 5) is 0. The number of hydrogen-bond donors (Lipinski definition) is 6. The third-order valence-electron chi connectivity index (χ3n) is 7.53. The second kappa shape index (κ2) is 13.3. The van der Waals surface area contributed by atoms with Crippen LogP contribution in [0.2, 0.25) is 0 Å². The van der Waals surface area contributed by atoms with Gasteiger partial charge in [0.25, 0.3) is 0 Å². The molecule has 0 radical (unpaired) electrons. The molecule has 4 rings (SSSR count). The normalized spacial score (nSPS) is 29.7. The standard InChI is InChI=1S/C28H38O13/c1-35-18-8-14(9-19(36-2)23(18)31)17-10-15(11-29)16(39-17)5-13-6-20(37-3)27(21(7-13)38-4)41-28-26(34)25(33)24(32)22(12-30)40-28/h6-9,15-17,22,24-26,28-34H,5,10-12H2,1-4H3. The molecule has 2 saturated heterocycles. The monoisotopic (exact) mass is 582 g/mol. The minimum atomic E-state index is -1.62. The van der Waals surface area contributed by atoms with E-state index in [0.717, 1.165) is 11.1 Å². The van der Waals surface area contributed by atoms with Crippen molar-refractivity contribution in [1.82, 2.24) is 0 Å². The molecular weight excluding hydrogens is 544 g/mol. The molecule has 2 aliphatic rings. The number of ether oxygens (including phenoxy) is 7. The molecule has 228 valence electrons. The van der Waals surface area contributed by atoms with Crippen molar-refractivity contribution in [2.45, 2.75) is 55.8 Å². The number of hydrogen-bond acceptors (Lipinski definition) is 13. The highest BCUT2D eigenvalue weighted by Gasteiger charge is 2.45. The van der Waals surface area contributed by atoms with E-state index in [9.17, 15) is 30.6 Å². The Morgan fingerprint density at radius 3 is 1.83 bits per heavy atom. The first kappa shape index (κ1) is 30.9. The third kappa shape index (κ3) is 6.26. The third-order valence-corrected chi connectivity index (χ3v) is 7.53. The quantitative estimate of drug-likeness (QED) is 0.212. The molecule has 2 aliphatic heterocycles. The van der Waals surface area contributed by atoms with Crippen LogP contribution in [0, 0.1) is 5.92 Å². The number of phenols is 1. The lowest BCUT2D eigenvalue weighted by Gasteiger charge is -2.39. The van der Waals surface area contributed by atoms with Crippen molar-refractivity contribution in [2.24, 2.45) is 5.92 Å². The maximum atomic E-state index is 10.4. The maximum absolute atomic E-state index is 10.4. The molecule has 0 aliphatic carbocycles. The number of benzene rings is 2. The predicted molar refractivity (Wildman–Crippen MR) is 142 cm³/mol. The summed E-state index contributed by atoms with van der Waals surface area (Å²) in [6, 6.07) is 6.74. The molecule has 8 atom stereocenters. The molecule has 0 saturated carbocycles. The Kier molecular flexibility index (Phi) is 10.0. The van der Waals surface area contributed by atoms with Crippen LogP contribution in [-0.4, -0.2) is 109 Å². The van der Waals surface area contributed by atoms with Gasteiger partial charge < -0.3 is 63.8 Å². The van der Waals surface area contributed by atoms with Crippen molar-refractivity contribution >= 4 is 0 Å². The predicted octanol–water partition coefficient (Wildman–Crippen LogP) is 0.286.